The Morgan fingerprint density at radius 3 is 2.77 bits per heavy atom. The molecule has 0 atom stereocenters. The van der Waals surface area contributed by atoms with Crippen molar-refractivity contribution in [3.63, 3.8) is 0 Å². The molecule has 1 aliphatic rings. The molecule has 13 heavy (non-hydrogen) atoms. The van der Waals surface area contributed by atoms with Gasteiger partial charge in [0.2, 0.25) is 0 Å². The van der Waals surface area contributed by atoms with Crippen LogP contribution < -0.4 is 5.32 Å². The molecule has 1 rings (SSSR count). The number of hydrogen-bond donors (Lipinski definition) is 1. The van der Waals surface area contributed by atoms with Crippen LogP contribution in [0, 0.1) is 0 Å². The van der Waals surface area contributed by atoms with Gasteiger partial charge in [0.1, 0.15) is 11.3 Å². The molecule has 4 heteroatoms. The molecule has 0 saturated heterocycles. The van der Waals surface area contributed by atoms with Crippen molar-refractivity contribution < 1.29 is 9.53 Å². The van der Waals surface area contributed by atoms with Crippen LogP contribution in [-0.2, 0) is 9.53 Å². The molecule has 0 bridgehead atoms. The van der Waals surface area contributed by atoms with E-state index in [1.807, 2.05) is 20.8 Å². The third kappa shape index (κ3) is 3.27. The quantitative estimate of drug-likeness (QED) is 0.611. The van der Waals surface area contributed by atoms with Gasteiger partial charge >= 0.3 is 5.97 Å². The number of carbonyl (C=O) groups is 1. The van der Waals surface area contributed by atoms with Crippen molar-refractivity contribution in [1.29, 1.82) is 0 Å². The van der Waals surface area contributed by atoms with Crippen molar-refractivity contribution in [3.8, 4) is 0 Å². The predicted molar refractivity (Wildman–Crippen MR) is 50.4 cm³/mol. The largest absolute Gasteiger partial charge is 0.455 e. The molecule has 0 aromatic heterocycles. The third-order valence-electron chi connectivity index (χ3n) is 1.31. The Bertz CT molecular complexity index is 261. The fourth-order valence-corrected chi connectivity index (χ4v) is 0.839. The summed E-state index contributed by atoms with van der Waals surface area (Å²) in [6.45, 7) is 6.07. The predicted octanol–water partition coefficient (Wildman–Crippen LogP) is 0.843. The summed E-state index contributed by atoms with van der Waals surface area (Å²) in [4.78, 5) is 15.2. The van der Waals surface area contributed by atoms with E-state index < -0.39 is 5.60 Å². The molecule has 72 valence electrons. The second kappa shape index (κ2) is 3.60. The Balaban J connectivity index is 2.58. The van der Waals surface area contributed by atoms with Gasteiger partial charge < -0.3 is 10.1 Å². The third-order valence-corrected chi connectivity index (χ3v) is 1.31. The molecule has 1 aliphatic heterocycles. The molecule has 4 nitrogen and oxygen atoms in total. The average Bonchev–Trinajstić information content (AvgIpc) is 2.03. The van der Waals surface area contributed by atoms with E-state index in [0.29, 0.717) is 12.2 Å². The molecule has 0 spiro atoms. The molecule has 0 fully saturated rings. The number of hydrogen-bond acceptors (Lipinski definition) is 4. The molecule has 0 aliphatic carbocycles. The zero-order chi connectivity index (χ0) is 9.90. The van der Waals surface area contributed by atoms with E-state index in [-0.39, 0.29) is 5.97 Å². The summed E-state index contributed by atoms with van der Waals surface area (Å²) in [7, 11) is 0. The van der Waals surface area contributed by atoms with Crippen molar-refractivity contribution in [2.45, 2.75) is 26.4 Å². The number of rotatable bonds is 1. The molecule has 0 unspecified atom stereocenters. The monoisotopic (exact) mass is 182 g/mol. The van der Waals surface area contributed by atoms with Gasteiger partial charge in [0.05, 0.1) is 12.7 Å². The van der Waals surface area contributed by atoms with Crippen molar-refractivity contribution >= 4 is 12.2 Å². The van der Waals surface area contributed by atoms with E-state index in [1.165, 1.54) is 6.20 Å². The highest BCUT2D eigenvalue weighted by atomic mass is 16.6. The molecule has 0 radical (unpaired) electrons. The van der Waals surface area contributed by atoms with E-state index in [9.17, 15) is 4.79 Å². The topological polar surface area (TPSA) is 50.7 Å². The number of esters is 1. The normalized spacial score (nSPS) is 16.1. The second-order valence-electron chi connectivity index (χ2n) is 3.76. The van der Waals surface area contributed by atoms with Gasteiger partial charge in [-0.3, -0.25) is 4.99 Å². The van der Waals surface area contributed by atoms with Crippen LogP contribution in [0.1, 0.15) is 20.8 Å². The molecule has 0 amide bonds. The first-order valence-electron chi connectivity index (χ1n) is 4.18. The fourth-order valence-electron chi connectivity index (χ4n) is 0.839. The maximum atomic E-state index is 11.4. The number of nitrogens with zero attached hydrogens (tertiary/aromatic N) is 1. The van der Waals surface area contributed by atoms with Gasteiger partial charge in [0.15, 0.2) is 0 Å². The molecule has 0 saturated carbocycles. The Kier molecular flexibility index (Phi) is 2.70. The van der Waals surface area contributed by atoms with E-state index in [2.05, 4.69) is 10.3 Å². The summed E-state index contributed by atoms with van der Waals surface area (Å²) in [5.74, 6) is -0.357. The maximum absolute atomic E-state index is 11.4. The number of ether oxygens (including phenoxy) is 1. The minimum Gasteiger partial charge on any atom is -0.455 e. The minimum absolute atomic E-state index is 0.357. The average molecular weight is 182 g/mol. The van der Waals surface area contributed by atoms with Gasteiger partial charge in [0, 0.05) is 6.21 Å². The van der Waals surface area contributed by atoms with Crippen LogP contribution in [-0.4, -0.2) is 24.3 Å². The van der Waals surface area contributed by atoms with E-state index in [0.717, 1.165) is 0 Å². The standard InChI is InChI=1S/C9H14N2O2/c1-9(2,3)13-8(12)7-6-10-4-5-11-7/h4,6,11H,5H2,1-3H3. The lowest BCUT2D eigenvalue weighted by atomic mass is 10.2. The van der Waals surface area contributed by atoms with E-state index in [1.54, 1.807) is 6.21 Å². The highest BCUT2D eigenvalue weighted by Crippen LogP contribution is 2.10. The first-order chi connectivity index (χ1) is 5.99. The maximum Gasteiger partial charge on any atom is 0.356 e. The highest BCUT2D eigenvalue weighted by Gasteiger charge is 2.19. The molecular weight excluding hydrogens is 168 g/mol. The lowest BCUT2D eigenvalue weighted by Crippen LogP contribution is -2.31. The Labute approximate surface area is 77.7 Å². The molecular formula is C9H14N2O2. The van der Waals surface area contributed by atoms with Crippen molar-refractivity contribution in [2.24, 2.45) is 4.99 Å². The van der Waals surface area contributed by atoms with E-state index >= 15 is 0 Å². The molecule has 0 aromatic rings. The lowest BCUT2D eigenvalue weighted by Gasteiger charge is -2.21. The van der Waals surface area contributed by atoms with Crippen molar-refractivity contribution in [2.75, 3.05) is 6.54 Å². The summed E-state index contributed by atoms with van der Waals surface area (Å²) < 4.78 is 5.13. The Morgan fingerprint density at radius 2 is 2.31 bits per heavy atom. The summed E-state index contributed by atoms with van der Waals surface area (Å²) in [5.41, 5.74) is -0.0433. The Hall–Kier alpha value is -1.32. The van der Waals surface area contributed by atoms with Crippen LogP contribution in [0.15, 0.2) is 16.9 Å². The van der Waals surface area contributed by atoms with Crippen LogP contribution >= 0.6 is 0 Å². The highest BCUT2D eigenvalue weighted by molar-refractivity contribution is 5.89. The van der Waals surface area contributed by atoms with Crippen LogP contribution in [0.4, 0.5) is 0 Å². The van der Waals surface area contributed by atoms with Gasteiger partial charge in [0.25, 0.3) is 0 Å². The van der Waals surface area contributed by atoms with Crippen molar-refractivity contribution in [1.82, 2.24) is 5.32 Å². The summed E-state index contributed by atoms with van der Waals surface area (Å²) in [6, 6.07) is 0. The van der Waals surface area contributed by atoms with Crippen LogP contribution in [0.3, 0.4) is 0 Å². The second-order valence-corrected chi connectivity index (χ2v) is 3.76. The molecule has 1 N–H and O–H groups in total. The summed E-state index contributed by atoms with van der Waals surface area (Å²) >= 11 is 0. The van der Waals surface area contributed by atoms with Crippen LogP contribution in [0.2, 0.25) is 0 Å². The number of carbonyl (C=O) groups excluding carboxylic acids is 1. The zero-order valence-electron chi connectivity index (χ0n) is 8.13. The van der Waals surface area contributed by atoms with Gasteiger partial charge in [-0.15, -0.1) is 0 Å². The van der Waals surface area contributed by atoms with Gasteiger partial charge in [-0.25, -0.2) is 4.79 Å². The van der Waals surface area contributed by atoms with Gasteiger partial charge in [-0.05, 0) is 20.8 Å². The number of aliphatic imine (C=N–C) groups is 1. The van der Waals surface area contributed by atoms with E-state index in [4.69, 9.17) is 4.74 Å². The first-order valence-corrected chi connectivity index (χ1v) is 4.18. The number of nitrogens with one attached hydrogen (secondary N) is 1. The minimum atomic E-state index is -0.458. The zero-order valence-corrected chi connectivity index (χ0v) is 8.13. The van der Waals surface area contributed by atoms with Crippen LogP contribution in [0.25, 0.3) is 0 Å². The Morgan fingerprint density at radius 1 is 1.62 bits per heavy atom. The molecule has 1 heterocycles. The first kappa shape index (κ1) is 9.77. The smallest absolute Gasteiger partial charge is 0.356 e. The summed E-state index contributed by atoms with van der Waals surface area (Å²) in [5, 5.41) is 2.88. The SMILES string of the molecule is CC(C)(C)OC(=O)C1=CN=CCN1. The lowest BCUT2D eigenvalue weighted by molar-refractivity contribution is -0.150. The summed E-state index contributed by atoms with van der Waals surface area (Å²) in [6.07, 6.45) is 3.16. The fraction of sp³-hybridized carbons (Fsp3) is 0.556. The van der Waals surface area contributed by atoms with Gasteiger partial charge in [-0.1, -0.05) is 0 Å². The van der Waals surface area contributed by atoms with Crippen molar-refractivity contribution in [3.05, 3.63) is 11.9 Å². The van der Waals surface area contributed by atoms with Crippen LogP contribution in [0.5, 0.6) is 0 Å². The van der Waals surface area contributed by atoms with Gasteiger partial charge in [-0.2, -0.15) is 0 Å². The molecule has 0 aromatic carbocycles.